The molecule has 0 spiro atoms. The molecule has 0 saturated carbocycles. The van der Waals surface area contributed by atoms with E-state index in [1.54, 1.807) is 37.5 Å². The van der Waals surface area contributed by atoms with Crippen LogP contribution in [0.4, 0.5) is 5.69 Å². The normalized spacial score (nSPS) is 11.6. The fourth-order valence-electron chi connectivity index (χ4n) is 2.80. The highest BCUT2D eigenvalue weighted by atomic mass is 35.5. The highest BCUT2D eigenvalue weighted by Gasteiger charge is 2.20. The molecule has 1 unspecified atom stereocenters. The van der Waals surface area contributed by atoms with Crippen LogP contribution in [0.3, 0.4) is 0 Å². The Morgan fingerprint density at radius 2 is 2.00 bits per heavy atom. The van der Waals surface area contributed by atoms with E-state index in [9.17, 15) is 4.79 Å². The van der Waals surface area contributed by atoms with E-state index in [-0.39, 0.29) is 17.8 Å². The van der Waals surface area contributed by atoms with Crippen molar-refractivity contribution >= 4 is 35.0 Å². The van der Waals surface area contributed by atoms with Gasteiger partial charge in [-0.25, -0.2) is 0 Å². The molecule has 0 saturated heterocycles. The number of nitrogens with zero attached hydrogens (tertiary/aromatic N) is 3. The van der Waals surface area contributed by atoms with Crippen LogP contribution in [0.25, 0.3) is 0 Å². The van der Waals surface area contributed by atoms with E-state index in [0.29, 0.717) is 39.7 Å². The Balaban J connectivity index is 1.66. The second-order valence-corrected chi connectivity index (χ2v) is 7.90. The zero-order chi connectivity index (χ0) is 22.2. The lowest BCUT2D eigenvalue weighted by atomic mass is 10.3. The molecular formula is C22H23ClN4O3S. The lowest BCUT2D eigenvalue weighted by molar-refractivity contribution is -0.113. The molecule has 1 atom stereocenters. The molecule has 31 heavy (non-hydrogen) atoms. The van der Waals surface area contributed by atoms with Crippen LogP contribution < -0.4 is 14.8 Å². The van der Waals surface area contributed by atoms with Crippen molar-refractivity contribution in [2.75, 3.05) is 18.2 Å². The first-order chi connectivity index (χ1) is 15.0. The molecule has 0 aliphatic rings. The Labute approximate surface area is 190 Å². The molecule has 0 radical (unpaired) electrons. The number of benzene rings is 2. The van der Waals surface area contributed by atoms with Gasteiger partial charge in [0.2, 0.25) is 5.91 Å². The molecule has 2 aromatic carbocycles. The first-order valence-corrected chi connectivity index (χ1v) is 10.9. The number of aromatic nitrogens is 3. The van der Waals surface area contributed by atoms with E-state index in [2.05, 4.69) is 22.1 Å². The summed E-state index contributed by atoms with van der Waals surface area (Å²) in [6.45, 7) is 6.20. The van der Waals surface area contributed by atoms with Crippen LogP contribution in [-0.2, 0) is 11.3 Å². The van der Waals surface area contributed by atoms with Crippen molar-refractivity contribution in [1.29, 1.82) is 0 Å². The number of carbonyl (C=O) groups excluding carboxylic acids is 1. The van der Waals surface area contributed by atoms with Gasteiger partial charge in [-0.3, -0.25) is 9.36 Å². The summed E-state index contributed by atoms with van der Waals surface area (Å²) in [5.74, 6) is 2.05. The van der Waals surface area contributed by atoms with Crippen molar-refractivity contribution in [2.45, 2.75) is 24.7 Å². The van der Waals surface area contributed by atoms with E-state index in [4.69, 9.17) is 21.1 Å². The van der Waals surface area contributed by atoms with Gasteiger partial charge in [0.1, 0.15) is 11.5 Å². The minimum absolute atomic E-state index is 0.150. The first-order valence-electron chi connectivity index (χ1n) is 9.53. The Hall–Kier alpha value is -2.97. The van der Waals surface area contributed by atoms with Crippen molar-refractivity contribution < 1.29 is 14.3 Å². The topological polar surface area (TPSA) is 78.3 Å². The minimum atomic E-state index is -0.364. The Morgan fingerprint density at radius 1 is 1.26 bits per heavy atom. The van der Waals surface area contributed by atoms with Crippen LogP contribution in [-0.4, -0.2) is 33.5 Å². The van der Waals surface area contributed by atoms with Gasteiger partial charge in [-0.05, 0) is 43.3 Å². The van der Waals surface area contributed by atoms with Gasteiger partial charge in [-0.1, -0.05) is 35.5 Å². The average molecular weight is 459 g/mol. The molecule has 1 amide bonds. The van der Waals surface area contributed by atoms with E-state index in [1.165, 1.54) is 11.8 Å². The van der Waals surface area contributed by atoms with Crippen LogP contribution >= 0.6 is 23.4 Å². The average Bonchev–Trinajstić information content (AvgIpc) is 3.17. The molecule has 0 bridgehead atoms. The van der Waals surface area contributed by atoms with Crippen LogP contribution in [0.1, 0.15) is 18.9 Å². The van der Waals surface area contributed by atoms with E-state index >= 15 is 0 Å². The summed E-state index contributed by atoms with van der Waals surface area (Å²) < 4.78 is 13.1. The minimum Gasteiger partial charge on any atom is -0.497 e. The maximum atomic E-state index is 12.3. The summed E-state index contributed by atoms with van der Waals surface area (Å²) in [7, 11) is 1.61. The van der Waals surface area contributed by atoms with Gasteiger partial charge in [-0.15, -0.1) is 16.8 Å². The summed E-state index contributed by atoms with van der Waals surface area (Å²) in [4.78, 5) is 12.3. The lowest BCUT2D eigenvalue weighted by Crippen LogP contribution is -2.15. The van der Waals surface area contributed by atoms with Gasteiger partial charge in [-0.2, -0.15) is 0 Å². The van der Waals surface area contributed by atoms with Crippen LogP contribution in [0.2, 0.25) is 5.02 Å². The number of hydrogen-bond acceptors (Lipinski definition) is 6. The van der Waals surface area contributed by atoms with Gasteiger partial charge in [0.15, 0.2) is 17.1 Å². The predicted molar refractivity (Wildman–Crippen MR) is 123 cm³/mol. The van der Waals surface area contributed by atoms with E-state index in [0.717, 1.165) is 0 Å². The highest BCUT2D eigenvalue weighted by molar-refractivity contribution is 7.99. The number of halogens is 1. The summed E-state index contributed by atoms with van der Waals surface area (Å²) >= 11 is 7.17. The molecule has 3 rings (SSSR count). The van der Waals surface area contributed by atoms with Gasteiger partial charge in [0.25, 0.3) is 0 Å². The van der Waals surface area contributed by atoms with Crippen LogP contribution in [0, 0.1) is 0 Å². The highest BCUT2D eigenvalue weighted by Crippen LogP contribution is 2.27. The third-order valence-electron chi connectivity index (χ3n) is 4.24. The van der Waals surface area contributed by atoms with Crippen molar-refractivity contribution in [3.05, 3.63) is 72.0 Å². The van der Waals surface area contributed by atoms with Crippen molar-refractivity contribution in [3.63, 3.8) is 0 Å². The molecule has 0 aliphatic carbocycles. The number of hydrogen-bond donors (Lipinski definition) is 1. The summed E-state index contributed by atoms with van der Waals surface area (Å²) in [6, 6.07) is 14.3. The van der Waals surface area contributed by atoms with Gasteiger partial charge in [0.05, 0.1) is 12.9 Å². The lowest BCUT2D eigenvalue weighted by Gasteiger charge is -2.16. The summed E-state index contributed by atoms with van der Waals surface area (Å²) in [5, 5.41) is 12.6. The SMILES string of the molecule is C=CCn1c(SCC(=O)Nc2ccc(Cl)cc2)nnc1C(C)Oc1cccc(OC)c1. The van der Waals surface area contributed by atoms with E-state index in [1.807, 2.05) is 35.8 Å². The van der Waals surface area contributed by atoms with Gasteiger partial charge >= 0.3 is 0 Å². The Bertz CT molecular complexity index is 1040. The molecule has 9 heteroatoms. The number of rotatable bonds is 10. The monoisotopic (exact) mass is 458 g/mol. The molecular weight excluding hydrogens is 436 g/mol. The zero-order valence-corrected chi connectivity index (χ0v) is 18.8. The molecule has 1 aromatic heterocycles. The maximum absolute atomic E-state index is 12.3. The standard InChI is InChI=1S/C22H23ClN4O3S/c1-4-12-27-21(15(2)30-19-7-5-6-18(13-19)29-3)25-26-22(27)31-14-20(28)24-17-10-8-16(23)9-11-17/h4-11,13,15H,1,12,14H2,2-3H3,(H,24,28). The Morgan fingerprint density at radius 3 is 2.71 bits per heavy atom. The maximum Gasteiger partial charge on any atom is 0.234 e. The fraction of sp³-hybridized carbons (Fsp3) is 0.227. The molecule has 1 heterocycles. The number of carbonyl (C=O) groups is 1. The van der Waals surface area contributed by atoms with E-state index < -0.39 is 0 Å². The summed E-state index contributed by atoms with van der Waals surface area (Å²) in [5.41, 5.74) is 0.684. The van der Waals surface area contributed by atoms with Gasteiger partial charge in [0, 0.05) is 23.3 Å². The van der Waals surface area contributed by atoms with Gasteiger partial charge < -0.3 is 14.8 Å². The summed E-state index contributed by atoms with van der Waals surface area (Å²) in [6.07, 6.45) is 1.39. The number of amides is 1. The second kappa shape index (κ2) is 10.9. The molecule has 0 aliphatic heterocycles. The number of thioether (sulfide) groups is 1. The van der Waals surface area contributed by atoms with Crippen LogP contribution in [0.5, 0.6) is 11.5 Å². The van der Waals surface area contributed by atoms with Crippen molar-refractivity contribution in [1.82, 2.24) is 14.8 Å². The van der Waals surface area contributed by atoms with Crippen LogP contribution in [0.15, 0.2) is 66.3 Å². The molecule has 7 nitrogen and oxygen atoms in total. The molecule has 1 N–H and O–H groups in total. The third kappa shape index (κ3) is 6.26. The zero-order valence-electron chi connectivity index (χ0n) is 17.2. The van der Waals surface area contributed by atoms with Crippen molar-refractivity contribution in [3.8, 4) is 11.5 Å². The molecule has 162 valence electrons. The number of ether oxygens (including phenoxy) is 2. The number of nitrogens with one attached hydrogen (secondary N) is 1. The quantitative estimate of drug-likeness (QED) is 0.340. The number of anilines is 1. The second-order valence-electron chi connectivity index (χ2n) is 6.52. The predicted octanol–water partition coefficient (Wildman–Crippen LogP) is 5.00. The smallest absolute Gasteiger partial charge is 0.234 e. The Kier molecular flexibility index (Phi) is 7.97. The first kappa shape index (κ1) is 22.7. The largest absolute Gasteiger partial charge is 0.497 e. The third-order valence-corrected chi connectivity index (χ3v) is 5.45. The number of allylic oxidation sites excluding steroid dienone is 1. The van der Waals surface area contributed by atoms with Crippen molar-refractivity contribution in [2.24, 2.45) is 0 Å². The number of methoxy groups -OCH3 is 1. The fourth-order valence-corrected chi connectivity index (χ4v) is 3.68. The molecule has 3 aromatic rings. The molecule has 0 fully saturated rings.